The molecule has 0 aliphatic carbocycles. The molecule has 0 fully saturated rings. The first kappa shape index (κ1) is 97.0. The van der Waals surface area contributed by atoms with Crippen molar-refractivity contribution in [1.29, 1.82) is 0 Å². The smallest absolute Gasteiger partial charge is 0.744 e. The Morgan fingerprint density at radius 1 is 0.544 bits per heavy atom. The second kappa shape index (κ2) is 42.2. The number of nitrogens with zero attached hydrogens (tertiary/aromatic N) is 5. The maximum atomic E-state index is 14.7. The third kappa shape index (κ3) is 25.9. The minimum Gasteiger partial charge on any atom is -0.744 e. The largest absolute Gasteiger partial charge is 1.00 e. The fourth-order valence-electron chi connectivity index (χ4n) is 12.0. The number of ether oxygens (including phenoxy) is 2. The number of aryl methyl sites for hydroxylation is 1. The number of anilines is 8. The van der Waals surface area contributed by atoms with Crippen molar-refractivity contribution in [2.24, 2.45) is 0 Å². The monoisotopic (exact) mass is 1710 g/mol. The molecule has 5 N–H and O–H groups in total. The van der Waals surface area contributed by atoms with Crippen LogP contribution in [0, 0.1) is 17.0 Å². The topological polar surface area (TPSA) is 468 Å². The van der Waals surface area contributed by atoms with Gasteiger partial charge in [-0.15, -0.1) is 4.74 Å². The number of fused-ring (bicyclic) bond motifs is 2. The first-order valence-corrected chi connectivity index (χ1v) is 42.8. The Kier molecular flexibility index (Phi) is 35.9. The van der Waals surface area contributed by atoms with Crippen LogP contribution in [0.1, 0.15) is 134 Å². The zero-order valence-corrected chi connectivity index (χ0v) is 77.3. The molecule has 0 aliphatic heterocycles. The van der Waals surface area contributed by atoms with E-state index in [-0.39, 0.29) is 227 Å². The molecule has 10 aromatic rings. The van der Waals surface area contributed by atoms with Gasteiger partial charge < -0.3 is 58.5 Å². The average molecular weight is 1720 g/mol. The van der Waals surface area contributed by atoms with Crippen molar-refractivity contribution in [2.75, 3.05) is 39.2 Å². The number of sulfone groups is 1. The Bertz CT molecular complexity index is 5770. The van der Waals surface area contributed by atoms with Gasteiger partial charge in [0.1, 0.15) is 47.6 Å². The maximum Gasteiger partial charge on any atom is 1.00 e. The van der Waals surface area contributed by atoms with E-state index in [0.29, 0.717) is 35.1 Å². The summed E-state index contributed by atoms with van der Waals surface area (Å²) in [6.45, 7) is 12.1. The summed E-state index contributed by atoms with van der Waals surface area (Å²) in [4.78, 5) is 36.5. The Morgan fingerprint density at radius 3 is 1.57 bits per heavy atom. The number of unbranched alkanes of at least 4 members (excludes halogenated alkanes) is 10. The number of nitro groups is 1. The third-order valence-corrected chi connectivity index (χ3v) is 23.4. The van der Waals surface area contributed by atoms with Gasteiger partial charge in [-0.05, 0) is 162 Å². The van der Waals surface area contributed by atoms with Crippen LogP contribution < -0.4 is 165 Å². The van der Waals surface area contributed by atoms with Crippen molar-refractivity contribution in [2.45, 2.75) is 166 Å². The van der Waals surface area contributed by atoms with Gasteiger partial charge in [-0.2, -0.15) is 15.0 Å². The molecule has 0 amide bonds. The molecule has 31 nitrogen and oxygen atoms in total. The Morgan fingerprint density at radius 2 is 1.04 bits per heavy atom. The van der Waals surface area contributed by atoms with Crippen LogP contribution in [0.5, 0.6) is 11.5 Å². The van der Waals surface area contributed by atoms with Crippen LogP contribution in [0.25, 0.3) is 27.2 Å². The Balaban J connectivity index is 0.00000506. The molecule has 0 saturated heterocycles. The molecule has 10 rings (SSSR count). The van der Waals surface area contributed by atoms with Gasteiger partial charge in [0.15, 0.2) is 15.5 Å². The van der Waals surface area contributed by atoms with E-state index in [9.17, 15) is 75.9 Å². The van der Waals surface area contributed by atoms with Gasteiger partial charge in [0.05, 0.1) is 65.3 Å². The average Bonchev–Trinajstić information content (AvgIpc) is 1.34. The quantitative estimate of drug-likeness (QED) is 0.00697. The van der Waals surface area contributed by atoms with Crippen molar-refractivity contribution in [3.63, 3.8) is 0 Å². The van der Waals surface area contributed by atoms with Crippen LogP contribution in [0.3, 0.4) is 0 Å². The van der Waals surface area contributed by atoms with Crippen LogP contribution >= 0.6 is 12.0 Å². The van der Waals surface area contributed by atoms with Crippen LogP contribution in [0.2, 0.25) is 0 Å². The summed E-state index contributed by atoms with van der Waals surface area (Å²) in [6, 6.07) is 29.9. The van der Waals surface area contributed by atoms with Crippen LogP contribution in [-0.4, -0.2) is 93.6 Å². The normalized spacial score (nSPS) is 11.9. The van der Waals surface area contributed by atoms with Crippen LogP contribution in [-0.2, 0) is 72.3 Å². The van der Waals surface area contributed by atoms with Gasteiger partial charge in [0, 0.05) is 52.0 Å². The maximum absolute atomic E-state index is 14.7. The van der Waals surface area contributed by atoms with Gasteiger partial charge in [0.2, 0.25) is 17.8 Å². The number of rotatable bonds is 38. The predicted octanol–water partition coefficient (Wildman–Crippen LogP) is 1.56. The summed E-state index contributed by atoms with van der Waals surface area (Å²) >= 11 is 0.242. The first-order chi connectivity index (χ1) is 52.0. The van der Waals surface area contributed by atoms with Crippen molar-refractivity contribution in [3.8, 4) is 17.2 Å². The molecule has 114 heavy (non-hydrogen) atoms. The summed E-state index contributed by atoms with van der Waals surface area (Å²) in [5.74, 6) is -1.16. The zero-order valence-electron chi connectivity index (χ0n) is 64.4. The van der Waals surface area contributed by atoms with Crippen molar-refractivity contribution in [1.82, 2.24) is 19.7 Å². The molecule has 0 unspecified atom stereocenters. The van der Waals surface area contributed by atoms with E-state index in [1.807, 2.05) is 25.1 Å². The number of hydrogen-bond acceptors (Lipinski definition) is 29. The molecular weight excluding hydrogens is 1640 g/mol. The van der Waals surface area contributed by atoms with Crippen LogP contribution in [0.15, 0.2) is 178 Å². The number of benzene rings is 8. The third-order valence-electron chi connectivity index (χ3n) is 17.4. The molecule has 2 aromatic heterocycles. The summed E-state index contributed by atoms with van der Waals surface area (Å²) in [6.07, 6.45) is 12.4. The van der Waals surface area contributed by atoms with Gasteiger partial charge in [-0.1, -0.05) is 123 Å². The van der Waals surface area contributed by atoms with Gasteiger partial charge >= 0.3 is 118 Å². The van der Waals surface area contributed by atoms with E-state index in [0.717, 1.165) is 105 Å². The molecule has 2 heterocycles. The van der Waals surface area contributed by atoms with Gasteiger partial charge in [-0.25, -0.2) is 42.1 Å². The molecule has 0 radical (unpaired) electrons. The van der Waals surface area contributed by atoms with Gasteiger partial charge in [0.25, 0.3) is 21.3 Å². The molecule has 0 atom stereocenters. The first-order valence-electron chi connectivity index (χ1n) is 34.7. The Hall–Kier alpha value is -5.80. The number of hydrogen-bond donors (Lipinski definition) is 5. The molecule has 41 heteroatoms. The molecule has 8 aromatic carbocycles. The fourth-order valence-corrected chi connectivity index (χ4v) is 17.0. The van der Waals surface area contributed by atoms with E-state index in [1.54, 1.807) is 39.0 Å². The molecule has 0 spiro atoms. The summed E-state index contributed by atoms with van der Waals surface area (Å²) in [7, 11) is -25.0. The van der Waals surface area contributed by atoms with Crippen molar-refractivity contribution >= 4 is 136 Å². The summed E-state index contributed by atoms with van der Waals surface area (Å²) in [5.41, 5.74) is -1.33. The second-order valence-electron chi connectivity index (χ2n) is 26.9. The number of nitro benzene ring substituents is 1. The molecule has 0 aliphatic rings. The van der Waals surface area contributed by atoms with Gasteiger partial charge in [-0.3, -0.25) is 19.6 Å². The van der Waals surface area contributed by atoms with E-state index in [4.69, 9.17) is 14.0 Å². The second-order valence-corrected chi connectivity index (χ2v) is 35.4. The minimum atomic E-state index is -5.34. The van der Waals surface area contributed by atoms with E-state index in [1.165, 1.54) is 73.5 Å². The minimum absolute atomic E-state index is 0. The number of sulfonamides is 1. The molecule has 0 bridgehead atoms. The molecule has 0 saturated carbocycles. The predicted molar refractivity (Wildman–Crippen MR) is 409 cm³/mol. The van der Waals surface area contributed by atoms with Crippen molar-refractivity contribution in [3.05, 3.63) is 182 Å². The van der Waals surface area contributed by atoms with Crippen molar-refractivity contribution < 1.29 is 202 Å². The SMILES string of the molecule is CCCCCCCCOc1ccc(C)cc1NCc1ccc(OCCCCCCCC)c(NS(=O)(=O)c2ccc(-n3oc(C(C)(C)C)c(CS(=O)(=O)c4ccc(Nc5nc(Nc6ccc7c(S(=O)(=O)[O-])cc(SO[O-])cc7c6)nc(Nc6ccc7c(S(=O)(=O)[O-])cc(S(=O)(=O)[O-])cc7c6)n5)cc4)c3=O)c([N+](=O)[O-])c2)c1.[Na+].[Na+].[Na+].[Na+]. The van der Waals surface area contributed by atoms with E-state index >= 15 is 0 Å². The summed E-state index contributed by atoms with van der Waals surface area (Å²) in [5, 5.41) is 35.9. The fraction of sp³-hybridized carbons (Fsp3) is 0.315. The Labute approximate surface area is 753 Å². The number of aromatic nitrogens is 4. The number of nitrogens with one attached hydrogen (secondary N) is 5. The van der Waals surface area contributed by atoms with E-state index < -0.39 is 108 Å². The molecular formula is C73H78N10Na4O21S6. The van der Waals surface area contributed by atoms with E-state index in [2.05, 4.69) is 59.1 Å². The molecule has 586 valence electrons. The summed E-state index contributed by atoms with van der Waals surface area (Å²) < 4.78 is 194. The zero-order chi connectivity index (χ0) is 79.5. The standard InChI is InChI=1S/C73H82N10O21S6.4Na/c1-7-9-11-13-15-17-33-101-64-31-19-46(3)35-60(64)74-44-47-20-32-65(102-34-18-16-14-12-10-8-2)61(36-47)81-107(90,91)55-27-30-62(63(42-55)83(85)86)82-69(84)59(68(103-82)73(4,5)6)45-106(88,89)54-25-21-50(22-26-54)75-70-78-71(76-51-23-28-57-48(37-51)39-53(105-104-87)41-66(57)109(95,96)97)80-72(79-70)77-52-24-29-58-49(38-52)40-56(108(92,93)94)43-67(58)110(98,99)100;;;;/h19-32,35-43,74,81,87H,7-18,33-34,44-45H2,1-6H3,(H,92,93,94)(H,95,96,97)(H,98,99,100)(H3,75,76,77,78,79,80);;;;/q;4*+1/p-4. The van der Waals surface area contributed by atoms with Crippen LogP contribution in [0.4, 0.5) is 52.0 Å².